The van der Waals surface area contributed by atoms with Crippen LogP contribution in [-0.4, -0.2) is 21.0 Å². The second-order valence-corrected chi connectivity index (χ2v) is 8.72. The molecular weight excluding hydrogens is 383 g/mol. The van der Waals surface area contributed by atoms with Gasteiger partial charge in [0.15, 0.2) is 0 Å². The molecule has 0 spiro atoms. The first-order valence-electron chi connectivity index (χ1n) is 10.7. The van der Waals surface area contributed by atoms with Crippen LogP contribution in [0.4, 0.5) is 4.39 Å². The maximum atomic E-state index is 14.5. The molecule has 0 saturated heterocycles. The fourth-order valence-electron chi connectivity index (χ4n) is 5.31. The minimum absolute atomic E-state index is 0.120. The molecule has 6 heteroatoms. The molecule has 154 valence electrons. The van der Waals surface area contributed by atoms with E-state index in [0.717, 1.165) is 35.0 Å². The number of para-hydroxylation sites is 1. The number of aromatic nitrogens is 2. The van der Waals surface area contributed by atoms with E-state index in [-0.39, 0.29) is 18.6 Å². The van der Waals surface area contributed by atoms with E-state index in [1.54, 1.807) is 17.6 Å². The van der Waals surface area contributed by atoms with Gasteiger partial charge in [-0.3, -0.25) is 4.79 Å². The van der Waals surface area contributed by atoms with Gasteiger partial charge in [0.2, 0.25) is 6.36 Å². The molecule has 0 radical (unpaired) electrons. The van der Waals surface area contributed by atoms with E-state index in [4.69, 9.17) is 9.72 Å². The fourth-order valence-corrected chi connectivity index (χ4v) is 5.31. The van der Waals surface area contributed by atoms with Gasteiger partial charge in [0.25, 0.3) is 5.56 Å². The number of fused-ring (bicyclic) bond motifs is 5. The molecule has 2 aromatic heterocycles. The van der Waals surface area contributed by atoms with Gasteiger partial charge in [-0.2, -0.15) is 0 Å². The van der Waals surface area contributed by atoms with Crippen LogP contribution in [0.5, 0.6) is 0 Å². The van der Waals surface area contributed by atoms with Crippen molar-refractivity contribution in [3.8, 4) is 11.4 Å². The van der Waals surface area contributed by atoms with Gasteiger partial charge in [0.05, 0.1) is 30.1 Å². The van der Waals surface area contributed by atoms with E-state index < -0.39 is 12.0 Å². The first-order valence-corrected chi connectivity index (χ1v) is 10.7. The van der Waals surface area contributed by atoms with E-state index in [2.05, 4.69) is 6.07 Å². The first kappa shape index (κ1) is 18.2. The molecule has 1 fully saturated rings. The molecule has 0 unspecified atom stereocenters. The highest BCUT2D eigenvalue weighted by Crippen LogP contribution is 2.47. The summed E-state index contributed by atoms with van der Waals surface area (Å²) in [6.07, 6.45) is 1.78. The molecular formula is C24H23FN2O3. The summed E-state index contributed by atoms with van der Waals surface area (Å²) >= 11 is 0. The molecule has 1 aliphatic carbocycles. The van der Waals surface area contributed by atoms with Crippen LogP contribution in [0.25, 0.3) is 22.3 Å². The molecule has 6 rings (SSSR count). The van der Waals surface area contributed by atoms with Crippen LogP contribution in [0.2, 0.25) is 0 Å². The summed E-state index contributed by atoms with van der Waals surface area (Å²) in [7, 11) is 0. The van der Waals surface area contributed by atoms with Crippen molar-refractivity contribution in [2.75, 3.05) is 0 Å². The predicted molar refractivity (Wildman–Crippen MR) is 111 cm³/mol. The normalized spacial score (nSPS) is 25.0. The Bertz CT molecular complexity index is 1260. The fraction of sp³-hybridized carbons (Fsp3) is 0.417. The highest BCUT2D eigenvalue weighted by Gasteiger charge is 2.45. The number of halogens is 1. The summed E-state index contributed by atoms with van der Waals surface area (Å²) in [6.45, 7) is 2.04. The number of nitrogens with zero attached hydrogens (tertiary/aromatic N) is 2. The SMILES string of the molecule is CC[C@]1(O)c2cc3n(c(=O)c2CO[C@H]1F)Cc1c-3nc2ccccc2c1C1CCC1. The van der Waals surface area contributed by atoms with Crippen LogP contribution in [0.1, 0.15) is 60.8 Å². The van der Waals surface area contributed by atoms with Crippen molar-refractivity contribution in [1.82, 2.24) is 9.55 Å². The van der Waals surface area contributed by atoms with Crippen LogP contribution >= 0.6 is 0 Å². The molecule has 5 nitrogen and oxygen atoms in total. The van der Waals surface area contributed by atoms with E-state index >= 15 is 0 Å². The topological polar surface area (TPSA) is 64.4 Å². The number of hydrogen-bond donors (Lipinski definition) is 1. The number of alkyl halides is 1. The second-order valence-electron chi connectivity index (χ2n) is 8.72. The Kier molecular flexibility index (Phi) is 3.78. The molecule has 0 bridgehead atoms. The zero-order valence-corrected chi connectivity index (χ0v) is 16.8. The molecule has 1 aromatic carbocycles. The van der Waals surface area contributed by atoms with Gasteiger partial charge in [-0.25, -0.2) is 9.37 Å². The molecule has 3 aromatic rings. The Morgan fingerprint density at radius 1 is 1.30 bits per heavy atom. The van der Waals surface area contributed by atoms with E-state index in [9.17, 15) is 14.3 Å². The van der Waals surface area contributed by atoms with Gasteiger partial charge in [0.1, 0.15) is 5.60 Å². The maximum Gasteiger partial charge on any atom is 0.257 e. The third-order valence-electron chi connectivity index (χ3n) is 7.26. The van der Waals surface area contributed by atoms with Crippen LogP contribution in [0.3, 0.4) is 0 Å². The molecule has 1 N–H and O–H groups in total. The van der Waals surface area contributed by atoms with Crippen molar-refractivity contribution >= 4 is 10.9 Å². The van der Waals surface area contributed by atoms with E-state index in [1.807, 2.05) is 18.2 Å². The van der Waals surface area contributed by atoms with Gasteiger partial charge >= 0.3 is 0 Å². The van der Waals surface area contributed by atoms with Crippen molar-refractivity contribution < 1.29 is 14.2 Å². The summed E-state index contributed by atoms with van der Waals surface area (Å²) in [5.74, 6) is 0.484. The third-order valence-corrected chi connectivity index (χ3v) is 7.26. The van der Waals surface area contributed by atoms with E-state index in [1.165, 1.54) is 12.0 Å². The van der Waals surface area contributed by atoms with Gasteiger partial charge in [-0.15, -0.1) is 0 Å². The number of ether oxygens (including phenoxy) is 1. The van der Waals surface area contributed by atoms with Gasteiger partial charge in [0, 0.05) is 22.1 Å². The maximum absolute atomic E-state index is 14.5. The summed E-state index contributed by atoms with van der Waals surface area (Å²) in [5.41, 5.74) is 3.41. The zero-order chi connectivity index (χ0) is 20.6. The average molecular weight is 406 g/mol. The van der Waals surface area contributed by atoms with Gasteiger partial charge in [-0.05, 0) is 42.9 Å². The lowest BCUT2D eigenvalue weighted by atomic mass is 9.76. The smallest absolute Gasteiger partial charge is 0.257 e. The lowest BCUT2D eigenvalue weighted by Gasteiger charge is -2.36. The Morgan fingerprint density at radius 3 is 2.83 bits per heavy atom. The van der Waals surface area contributed by atoms with Crippen molar-refractivity contribution in [3.05, 3.63) is 62.9 Å². The average Bonchev–Trinajstić information content (AvgIpc) is 3.08. The first-order chi connectivity index (χ1) is 14.5. The largest absolute Gasteiger partial charge is 0.379 e. The van der Waals surface area contributed by atoms with Gasteiger partial charge < -0.3 is 14.4 Å². The lowest BCUT2D eigenvalue weighted by Crippen LogP contribution is -2.45. The summed E-state index contributed by atoms with van der Waals surface area (Å²) in [4.78, 5) is 18.3. The second kappa shape index (κ2) is 6.22. The number of rotatable bonds is 2. The monoisotopic (exact) mass is 406 g/mol. The predicted octanol–water partition coefficient (Wildman–Crippen LogP) is 4.12. The van der Waals surface area contributed by atoms with Crippen molar-refractivity contribution in [3.63, 3.8) is 0 Å². The Labute approximate surface area is 173 Å². The molecule has 2 aliphatic heterocycles. The van der Waals surface area contributed by atoms with Crippen molar-refractivity contribution in [1.29, 1.82) is 0 Å². The minimum atomic E-state index is -1.85. The zero-order valence-electron chi connectivity index (χ0n) is 16.8. The highest BCUT2D eigenvalue weighted by molar-refractivity contribution is 5.88. The Morgan fingerprint density at radius 2 is 2.10 bits per heavy atom. The minimum Gasteiger partial charge on any atom is -0.379 e. The van der Waals surface area contributed by atoms with Crippen LogP contribution in [0.15, 0.2) is 35.1 Å². The standard InChI is InChI=1S/C24H23FN2O3/c1-2-24(29)17-10-19-21-15(11-27(19)22(28)16(17)12-30-23(24)25)20(13-6-5-7-13)14-8-3-4-9-18(14)26-21/h3-4,8-10,13,23,29H,2,5-7,11-12H2,1H3/t23-,24+/m1/s1. The molecule has 30 heavy (non-hydrogen) atoms. The van der Waals surface area contributed by atoms with Gasteiger partial charge in [-0.1, -0.05) is 31.5 Å². The summed E-state index contributed by atoms with van der Waals surface area (Å²) in [6, 6.07) is 9.90. The third kappa shape index (κ3) is 2.23. The molecule has 1 saturated carbocycles. The number of pyridine rings is 2. The quantitative estimate of drug-likeness (QED) is 0.544. The Hall–Kier alpha value is -2.57. The van der Waals surface area contributed by atoms with Crippen LogP contribution in [-0.2, 0) is 23.5 Å². The van der Waals surface area contributed by atoms with Crippen molar-refractivity contribution in [2.45, 2.75) is 63.6 Å². The van der Waals surface area contributed by atoms with Crippen LogP contribution < -0.4 is 5.56 Å². The van der Waals surface area contributed by atoms with Crippen LogP contribution in [0, 0.1) is 0 Å². The number of aliphatic hydroxyl groups is 1. The number of benzene rings is 1. The summed E-state index contributed by atoms with van der Waals surface area (Å²) in [5, 5.41) is 12.2. The number of hydrogen-bond acceptors (Lipinski definition) is 4. The summed E-state index contributed by atoms with van der Waals surface area (Å²) < 4.78 is 21.4. The molecule has 2 atom stereocenters. The highest BCUT2D eigenvalue weighted by atomic mass is 19.1. The van der Waals surface area contributed by atoms with E-state index in [0.29, 0.717) is 29.3 Å². The lowest BCUT2D eigenvalue weighted by molar-refractivity contribution is -0.198. The molecule has 0 amide bonds. The van der Waals surface area contributed by atoms with Crippen molar-refractivity contribution in [2.24, 2.45) is 0 Å². The molecule has 3 aliphatic rings. The molecule has 4 heterocycles. The Balaban J connectivity index is 1.65.